The normalized spacial score (nSPS) is 11.8. The molecule has 0 aliphatic rings. The van der Waals surface area contributed by atoms with Crippen LogP contribution in [0.5, 0.6) is 5.75 Å². The zero-order chi connectivity index (χ0) is 20.5. The lowest BCUT2D eigenvalue weighted by atomic mass is 10.0. The molecule has 1 unspecified atom stereocenters. The quantitative estimate of drug-likeness (QED) is 0.697. The molecule has 2 aromatic carbocycles. The predicted molar refractivity (Wildman–Crippen MR) is 108 cm³/mol. The van der Waals surface area contributed by atoms with Crippen LogP contribution in [0.4, 0.5) is 0 Å². The summed E-state index contributed by atoms with van der Waals surface area (Å²) in [4.78, 5) is 25.4. The number of carbonyl (C=O) groups is 2. The minimum absolute atomic E-state index is 0.0708. The van der Waals surface area contributed by atoms with Crippen molar-refractivity contribution < 1.29 is 19.1 Å². The van der Waals surface area contributed by atoms with Crippen molar-refractivity contribution in [3.8, 4) is 5.75 Å². The molecular formula is C22H28N2O4. The highest BCUT2D eigenvalue weighted by molar-refractivity contribution is 5.99. The lowest BCUT2D eigenvalue weighted by Crippen LogP contribution is -2.49. The molecule has 2 aromatic rings. The number of hydrogen-bond donors (Lipinski definition) is 2. The first kappa shape index (κ1) is 21.4. The third-order valence-electron chi connectivity index (χ3n) is 4.36. The maximum Gasteiger partial charge on any atom is 0.255 e. The number of methoxy groups -OCH3 is 2. The topological polar surface area (TPSA) is 76.7 Å². The van der Waals surface area contributed by atoms with Crippen LogP contribution in [-0.4, -0.2) is 32.1 Å². The standard InChI is InChI=1S/C22H28N2O4/c1-15(2)20(24-21(25)18-10-5-6-11-19(18)28-4)22(26)23-13-16-8-7-9-17(12-16)14-27-3/h5-12,15,20H,13-14H2,1-4H3,(H,23,26)(H,24,25). The van der Waals surface area contributed by atoms with Gasteiger partial charge in [-0.2, -0.15) is 0 Å². The summed E-state index contributed by atoms with van der Waals surface area (Å²) in [5.41, 5.74) is 2.41. The smallest absolute Gasteiger partial charge is 0.255 e. The highest BCUT2D eigenvalue weighted by Gasteiger charge is 2.25. The van der Waals surface area contributed by atoms with Crippen molar-refractivity contribution in [1.82, 2.24) is 10.6 Å². The number of benzene rings is 2. The summed E-state index contributed by atoms with van der Waals surface area (Å²) < 4.78 is 10.4. The Bertz CT molecular complexity index is 805. The van der Waals surface area contributed by atoms with Gasteiger partial charge in [-0.1, -0.05) is 50.2 Å². The predicted octanol–water partition coefficient (Wildman–Crippen LogP) is 2.91. The Balaban J connectivity index is 2.03. The molecule has 6 nitrogen and oxygen atoms in total. The second kappa shape index (κ2) is 10.5. The monoisotopic (exact) mass is 384 g/mol. The molecular weight excluding hydrogens is 356 g/mol. The van der Waals surface area contributed by atoms with Gasteiger partial charge in [0.2, 0.25) is 5.91 Å². The summed E-state index contributed by atoms with van der Waals surface area (Å²) in [7, 11) is 3.16. The van der Waals surface area contributed by atoms with E-state index in [-0.39, 0.29) is 17.7 Å². The molecule has 0 spiro atoms. The molecule has 0 radical (unpaired) electrons. The number of rotatable bonds is 9. The summed E-state index contributed by atoms with van der Waals surface area (Å²) in [6.45, 7) is 4.69. The van der Waals surface area contributed by atoms with Gasteiger partial charge in [-0.15, -0.1) is 0 Å². The third kappa shape index (κ3) is 5.82. The van der Waals surface area contributed by atoms with Gasteiger partial charge in [-0.25, -0.2) is 0 Å². The largest absolute Gasteiger partial charge is 0.496 e. The van der Waals surface area contributed by atoms with E-state index >= 15 is 0 Å². The van der Waals surface area contributed by atoms with Crippen LogP contribution in [-0.2, 0) is 22.7 Å². The van der Waals surface area contributed by atoms with Crippen molar-refractivity contribution in [1.29, 1.82) is 0 Å². The van der Waals surface area contributed by atoms with E-state index in [0.29, 0.717) is 24.5 Å². The van der Waals surface area contributed by atoms with Gasteiger partial charge in [0.1, 0.15) is 11.8 Å². The molecule has 2 rings (SSSR count). The second-order valence-corrected chi connectivity index (χ2v) is 6.87. The maximum atomic E-state index is 12.7. The molecule has 2 amide bonds. The molecule has 0 saturated carbocycles. The lowest BCUT2D eigenvalue weighted by molar-refractivity contribution is -0.124. The molecule has 0 aliphatic heterocycles. The number of carbonyl (C=O) groups excluding carboxylic acids is 2. The van der Waals surface area contributed by atoms with Crippen LogP contribution >= 0.6 is 0 Å². The number of hydrogen-bond acceptors (Lipinski definition) is 4. The number of ether oxygens (including phenoxy) is 2. The molecule has 2 N–H and O–H groups in total. The Hall–Kier alpha value is -2.86. The van der Waals surface area contributed by atoms with Gasteiger partial charge in [0.15, 0.2) is 0 Å². The molecule has 0 bridgehead atoms. The first-order chi connectivity index (χ1) is 13.5. The molecule has 1 atom stereocenters. The first-order valence-electron chi connectivity index (χ1n) is 9.24. The minimum atomic E-state index is -0.653. The summed E-state index contributed by atoms with van der Waals surface area (Å²) in [6, 6.07) is 14.1. The zero-order valence-electron chi connectivity index (χ0n) is 16.8. The average Bonchev–Trinajstić information content (AvgIpc) is 2.70. The first-order valence-corrected chi connectivity index (χ1v) is 9.24. The Kier molecular flexibility index (Phi) is 8.02. The Morgan fingerprint density at radius 1 is 1.00 bits per heavy atom. The third-order valence-corrected chi connectivity index (χ3v) is 4.36. The fraction of sp³-hybridized carbons (Fsp3) is 0.364. The van der Waals surface area contributed by atoms with Crippen LogP contribution in [0.25, 0.3) is 0 Å². The van der Waals surface area contributed by atoms with Crippen molar-refractivity contribution in [2.24, 2.45) is 5.92 Å². The Morgan fingerprint density at radius 2 is 1.71 bits per heavy atom. The van der Waals surface area contributed by atoms with Gasteiger partial charge in [-0.3, -0.25) is 9.59 Å². The second-order valence-electron chi connectivity index (χ2n) is 6.87. The van der Waals surface area contributed by atoms with Gasteiger partial charge in [0, 0.05) is 13.7 Å². The van der Waals surface area contributed by atoms with Crippen LogP contribution in [0.15, 0.2) is 48.5 Å². The zero-order valence-corrected chi connectivity index (χ0v) is 16.8. The SMILES string of the molecule is COCc1cccc(CNC(=O)C(NC(=O)c2ccccc2OC)C(C)C)c1. The van der Waals surface area contributed by atoms with Crippen LogP contribution in [0.1, 0.15) is 35.3 Å². The highest BCUT2D eigenvalue weighted by Crippen LogP contribution is 2.17. The number of nitrogens with one attached hydrogen (secondary N) is 2. The van der Waals surface area contributed by atoms with Gasteiger partial charge in [-0.05, 0) is 29.2 Å². The number of para-hydroxylation sites is 1. The molecule has 0 aromatic heterocycles. The summed E-state index contributed by atoms with van der Waals surface area (Å²) >= 11 is 0. The van der Waals surface area contributed by atoms with Crippen molar-refractivity contribution in [2.75, 3.05) is 14.2 Å². The highest BCUT2D eigenvalue weighted by atomic mass is 16.5. The van der Waals surface area contributed by atoms with E-state index in [1.165, 1.54) is 7.11 Å². The van der Waals surface area contributed by atoms with E-state index in [1.54, 1.807) is 31.4 Å². The van der Waals surface area contributed by atoms with Gasteiger partial charge >= 0.3 is 0 Å². The van der Waals surface area contributed by atoms with Crippen molar-refractivity contribution in [3.63, 3.8) is 0 Å². The minimum Gasteiger partial charge on any atom is -0.496 e. The molecule has 0 aliphatic carbocycles. The Labute approximate surface area is 166 Å². The van der Waals surface area contributed by atoms with Gasteiger partial charge < -0.3 is 20.1 Å². The van der Waals surface area contributed by atoms with E-state index in [2.05, 4.69) is 10.6 Å². The number of amides is 2. The van der Waals surface area contributed by atoms with E-state index < -0.39 is 6.04 Å². The Morgan fingerprint density at radius 3 is 2.39 bits per heavy atom. The van der Waals surface area contributed by atoms with Crippen LogP contribution in [0, 0.1) is 5.92 Å². The van der Waals surface area contributed by atoms with Crippen LogP contribution in [0.2, 0.25) is 0 Å². The van der Waals surface area contributed by atoms with Gasteiger partial charge in [0.05, 0.1) is 19.3 Å². The van der Waals surface area contributed by atoms with E-state index in [4.69, 9.17) is 9.47 Å². The molecule has 0 saturated heterocycles. The van der Waals surface area contributed by atoms with Crippen molar-refractivity contribution in [3.05, 3.63) is 65.2 Å². The van der Waals surface area contributed by atoms with E-state index in [9.17, 15) is 9.59 Å². The van der Waals surface area contributed by atoms with Crippen molar-refractivity contribution >= 4 is 11.8 Å². The summed E-state index contributed by atoms with van der Waals surface area (Å²) in [5, 5.41) is 5.73. The molecule has 0 fully saturated rings. The summed E-state index contributed by atoms with van der Waals surface area (Å²) in [5.74, 6) is -0.167. The van der Waals surface area contributed by atoms with Crippen molar-refractivity contribution in [2.45, 2.75) is 33.0 Å². The average molecular weight is 384 g/mol. The molecule has 28 heavy (non-hydrogen) atoms. The van der Waals surface area contributed by atoms with Crippen LogP contribution < -0.4 is 15.4 Å². The molecule has 0 heterocycles. The van der Waals surface area contributed by atoms with Crippen LogP contribution in [0.3, 0.4) is 0 Å². The van der Waals surface area contributed by atoms with E-state index in [0.717, 1.165) is 11.1 Å². The summed E-state index contributed by atoms with van der Waals surface area (Å²) in [6.07, 6.45) is 0. The fourth-order valence-electron chi connectivity index (χ4n) is 2.88. The fourth-order valence-corrected chi connectivity index (χ4v) is 2.88. The van der Waals surface area contributed by atoms with E-state index in [1.807, 2.05) is 38.1 Å². The maximum absolute atomic E-state index is 12.7. The molecule has 6 heteroatoms. The lowest BCUT2D eigenvalue weighted by Gasteiger charge is -2.22. The van der Waals surface area contributed by atoms with Gasteiger partial charge in [0.25, 0.3) is 5.91 Å². The molecule has 150 valence electrons.